The minimum atomic E-state index is 0.731. The van der Waals surface area contributed by atoms with Crippen molar-refractivity contribution in [2.75, 3.05) is 5.32 Å². The smallest absolute Gasteiger partial charge is 0.0549 e. The molecule has 2 aromatic rings. The van der Waals surface area contributed by atoms with Gasteiger partial charge >= 0.3 is 0 Å². The lowest BCUT2D eigenvalue weighted by atomic mass is 10.3. The van der Waals surface area contributed by atoms with E-state index in [1.54, 1.807) is 0 Å². The molecule has 4 heteroatoms. The van der Waals surface area contributed by atoms with Crippen LogP contribution in [0.3, 0.4) is 0 Å². The van der Waals surface area contributed by atoms with Crippen LogP contribution in [0.25, 0.3) is 0 Å². The highest BCUT2D eigenvalue weighted by Crippen LogP contribution is 2.25. The van der Waals surface area contributed by atoms with Gasteiger partial charge in [-0.3, -0.25) is 0 Å². The van der Waals surface area contributed by atoms with Gasteiger partial charge in [-0.15, -0.1) is 0 Å². The number of benzene rings is 1. The summed E-state index contributed by atoms with van der Waals surface area (Å²) in [6.07, 6.45) is 5.46. The summed E-state index contributed by atoms with van der Waals surface area (Å²) in [7, 11) is 0. The van der Waals surface area contributed by atoms with E-state index >= 15 is 0 Å². The van der Waals surface area contributed by atoms with Crippen LogP contribution < -0.4 is 5.32 Å². The highest BCUT2D eigenvalue weighted by Gasteiger charge is 2.00. The standard InChI is InChI=1S/C14H16BrClN2/c1-2-6-18-7-5-11(10-18)9-17-12-3-4-14(16)13(15)8-12/h3-5,7-8,10,17H,2,6,9H2,1H3. The van der Waals surface area contributed by atoms with Crippen molar-refractivity contribution in [2.24, 2.45) is 0 Å². The zero-order valence-electron chi connectivity index (χ0n) is 10.3. The SMILES string of the molecule is CCCn1ccc(CNc2ccc(Cl)c(Br)c2)c1. The summed E-state index contributed by atoms with van der Waals surface area (Å²) in [5.74, 6) is 0. The number of aryl methyl sites for hydroxylation is 1. The highest BCUT2D eigenvalue weighted by atomic mass is 79.9. The van der Waals surface area contributed by atoms with E-state index in [-0.39, 0.29) is 0 Å². The zero-order valence-corrected chi connectivity index (χ0v) is 12.6. The summed E-state index contributed by atoms with van der Waals surface area (Å²) in [6.45, 7) is 4.08. The van der Waals surface area contributed by atoms with E-state index in [4.69, 9.17) is 11.6 Å². The molecule has 0 radical (unpaired) electrons. The summed E-state index contributed by atoms with van der Waals surface area (Å²) >= 11 is 9.38. The third-order valence-electron chi connectivity index (χ3n) is 2.71. The third kappa shape index (κ3) is 3.53. The molecule has 1 aromatic heterocycles. The van der Waals surface area contributed by atoms with E-state index in [0.717, 1.165) is 34.7 Å². The Morgan fingerprint density at radius 3 is 2.89 bits per heavy atom. The van der Waals surface area contributed by atoms with Crippen LogP contribution in [0.15, 0.2) is 41.1 Å². The van der Waals surface area contributed by atoms with Crippen LogP contribution in [0.2, 0.25) is 5.02 Å². The van der Waals surface area contributed by atoms with E-state index in [0.29, 0.717) is 0 Å². The van der Waals surface area contributed by atoms with Crippen molar-refractivity contribution in [1.29, 1.82) is 0 Å². The molecule has 0 aliphatic rings. The van der Waals surface area contributed by atoms with Gasteiger partial charge in [-0.2, -0.15) is 0 Å². The first-order valence-electron chi connectivity index (χ1n) is 6.02. The molecular weight excluding hydrogens is 312 g/mol. The molecule has 0 amide bonds. The molecule has 0 atom stereocenters. The van der Waals surface area contributed by atoms with Crippen molar-refractivity contribution in [2.45, 2.75) is 26.4 Å². The van der Waals surface area contributed by atoms with E-state index in [1.165, 1.54) is 5.56 Å². The van der Waals surface area contributed by atoms with Gasteiger partial charge in [0.05, 0.1) is 5.02 Å². The van der Waals surface area contributed by atoms with Crippen LogP contribution in [0.5, 0.6) is 0 Å². The van der Waals surface area contributed by atoms with Gasteiger partial charge in [-0.25, -0.2) is 0 Å². The van der Waals surface area contributed by atoms with E-state index in [1.807, 2.05) is 18.2 Å². The van der Waals surface area contributed by atoms with Crippen molar-refractivity contribution in [1.82, 2.24) is 4.57 Å². The molecule has 1 aromatic carbocycles. The molecule has 0 saturated carbocycles. The fourth-order valence-corrected chi connectivity index (χ4v) is 2.30. The first-order chi connectivity index (χ1) is 8.69. The zero-order chi connectivity index (χ0) is 13.0. The number of hydrogen-bond acceptors (Lipinski definition) is 1. The average molecular weight is 328 g/mol. The number of aromatic nitrogens is 1. The molecule has 18 heavy (non-hydrogen) atoms. The Kier molecular flexibility index (Phi) is 4.72. The summed E-state index contributed by atoms with van der Waals surface area (Å²) in [5, 5.41) is 4.11. The monoisotopic (exact) mass is 326 g/mol. The number of nitrogens with one attached hydrogen (secondary N) is 1. The van der Waals surface area contributed by atoms with Gasteiger partial charge in [0.25, 0.3) is 0 Å². The minimum absolute atomic E-state index is 0.731. The number of rotatable bonds is 5. The maximum atomic E-state index is 5.96. The second kappa shape index (κ2) is 6.30. The van der Waals surface area contributed by atoms with Crippen molar-refractivity contribution < 1.29 is 0 Å². The molecule has 1 N–H and O–H groups in total. The van der Waals surface area contributed by atoms with E-state index < -0.39 is 0 Å². The topological polar surface area (TPSA) is 17.0 Å². The molecule has 2 rings (SSSR count). The van der Waals surface area contributed by atoms with Crippen molar-refractivity contribution >= 4 is 33.2 Å². The van der Waals surface area contributed by atoms with Crippen molar-refractivity contribution in [3.63, 3.8) is 0 Å². The van der Waals surface area contributed by atoms with Gasteiger partial charge in [0.1, 0.15) is 0 Å². The molecule has 0 aliphatic carbocycles. The number of anilines is 1. The number of hydrogen-bond donors (Lipinski definition) is 1. The Bertz CT molecular complexity index is 522. The molecule has 0 bridgehead atoms. The van der Waals surface area contributed by atoms with Crippen LogP contribution in [0.1, 0.15) is 18.9 Å². The number of halogens is 2. The molecule has 0 spiro atoms. The maximum absolute atomic E-state index is 5.96. The number of nitrogens with zero attached hydrogens (tertiary/aromatic N) is 1. The lowest BCUT2D eigenvalue weighted by Gasteiger charge is -2.06. The summed E-state index contributed by atoms with van der Waals surface area (Å²) in [6, 6.07) is 8.01. The van der Waals surface area contributed by atoms with Gasteiger partial charge in [-0.05, 0) is 52.2 Å². The van der Waals surface area contributed by atoms with Crippen LogP contribution in [-0.2, 0) is 13.1 Å². The van der Waals surface area contributed by atoms with Crippen LogP contribution in [0, 0.1) is 0 Å². The second-order valence-corrected chi connectivity index (χ2v) is 5.50. The lowest BCUT2D eigenvalue weighted by molar-refractivity contribution is 0.682. The van der Waals surface area contributed by atoms with Crippen molar-refractivity contribution in [3.05, 3.63) is 51.7 Å². The summed E-state index contributed by atoms with van der Waals surface area (Å²) < 4.78 is 3.13. The Balaban J connectivity index is 1.95. The van der Waals surface area contributed by atoms with Gasteiger partial charge in [-0.1, -0.05) is 18.5 Å². The Labute approximate surface area is 121 Å². The van der Waals surface area contributed by atoms with Gasteiger partial charge < -0.3 is 9.88 Å². The van der Waals surface area contributed by atoms with E-state index in [2.05, 4.69) is 51.2 Å². The molecule has 0 saturated heterocycles. The van der Waals surface area contributed by atoms with Crippen molar-refractivity contribution in [3.8, 4) is 0 Å². The third-order valence-corrected chi connectivity index (χ3v) is 3.92. The lowest BCUT2D eigenvalue weighted by Crippen LogP contribution is -1.98. The average Bonchev–Trinajstić information content (AvgIpc) is 2.79. The predicted molar refractivity (Wildman–Crippen MR) is 81.2 cm³/mol. The highest BCUT2D eigenvalue weighted by molar-refractivity contribution is 9.10. The fourth-order valence-electron chi connectivity index (χ4n) is 1.80. The summed E-state index contributed by atoms with van der Waals surface area (Å²) in [5.41, 5.74) is 2.35. The van der Waals surface area contributed by atoms with Gasteiger partial charge in [0.15, 0.2) is 0 Å². The second-order valence-electron chi connectivity index (χ2n) is 4.24. The quantitative estimate of drug-likeness (QED) is 0.824. The largest absolute Gasteiger partial charge is 0.381 e. The first kappa shape index (κ1) is 13.5. The molecule has 2 nitrogen and oxygen atoms in total. The Morgan fingerprint density at radius 1 is 1.33 bits per heavy atom. The van der Waals surface area contributed by atoms with Gasteiger partial charge in [0.2, 0.25) is 0 Å². The van der Waals surface area contributed by atoms with E-state index in [9.17, 15) is 0 Å². The molecule has 0 aliphatic heterocycles. The molecule has 0 fully saturated rings. The molecule has 1 heterocycles. The Hall–Kier alpha value is -0.930. The van der Waals surface area contributed by atoms with Crippen LogP contribution in [0.4, 0.5) is 5.69 Å². The summed E-state index contributed by atoms with van der Waals surface area (Å²) in [4.78, 5) is 0. The van der Waals surface area contributed by atoms with Crippen LogP contribution in [-0.4, -0.2) is 4.57 Å². The Morgan fingerprint density at radius 2 is 2.17 bits per heavy atom. The van der Waals surface area contributed by atoms with Gasteiger partial charge in [0, 0.05) is 35.6 Å². The molecular formula is C14H16BrClN2. The predicted octanol–water partition coefficient (Wildman–Crippen LogP) is 4.93. The fraction of sp³-hybridized carbons (Fsp3) is 0.286. The molecule has 96 valence electrons. The maximum Gasteiger partial charge on any atom is 0.0549 e. The normalized spacial score (nSPS) is 10.6. The first-order valence-corrected chi connectivity index (χ1v) is 7.19. The molecule has 0 unspecified atom stereocenters. The van der Waals surface area contributed by atoms with Crippen LogP contribution >= 0.6 is 27.5 Å². The minimum Gasteiger partial charge on any atom is -0.381 e.